The first kappa shape index (κ1) is 13.4. The van der Waals surface area contributed by atoms with Gasteiger partial charge in [0, 0.05) is 14.1 Å². The number of carbonyl (C=O) groups excluding carboxylic acids is 1. The molecule has 0 bridgehead atoms. The zero-order valence-corrected chi connectivity index (χ0v) is 10.6. The predicted octanol–water partition coefficient (Wildman–Crippen LogP) is 3.22. The van der Waals surface area contributed by atoms with Crippen molar-refractivity contribution < 1.29 is 9.53 Å². The van der Waals surface area contributed by atoms with Crippen molar-refractivity contribution in [2.45, 2.75) is 44.9 Å². The number of carbonyl (C=O) groups is 1. The summed E-state index contributed by atoms with van der Waals surface area (Å²) in [6, 6.07) is 2.66. The second-order valence-electron chi connectivity index (χ2n) is 4.35. The van der Waals surface area contributed by atoms with Crippen LogP contribution in [0.5, 0.6) is 0 Å². The number of unbranched alkanes of at least 4 members (excludes halogenated alkanes) is 1. The van der Waals surface area contributed by atoms with Crippen LogP contribution in [0.4, 0.5) is 0 Å². The first-order chi connectivity index (χ1) is 6.52. The van der Waals surface area contributed by atoms with Crippen molar-refractivity contribution in [1.82, 2.24) is 0 Å². The minimum atomic E-state index is -0.923. The normalized spacial score (nSPS) is 11.1. The smallest absolute Gasteiger partial charge is 0.330 e. The second-order valence-corrected chi connectivity index (χ2v) is 9.88. The van der Waals surface area contributed by atoms with Crippen LogP contribution >= 0.6 is 0 Å². The van der Waals surface area contributed by atoms with Crippen molar-refractivity contribution in [3.05, 3.63) is 12.7 Å². The Balaban J connectivity index is 3.38. The SMILES string of the molecule is C=CC(=O)OCCCC[Si](C)(C)CC. The van der Waals surface area contributed by atoms with E-state index in [1.807, 2.05) is 0 Å². The molecule has 3 heteroatoms. The minimum Gasteiger partial charge on any atom is -0.463 e. The van der Waals surface area contributed by atoms with Gasteiger partial charge >= 0.3 is 5.97 Å². The molecule has 0 aliphatic heterocycles. The van der Waals surface area contributed by atoms with Gasteiger partial charge in [0.25, 0.3) is 0 Å². The molecule has 0 aromatic carbocycles. The molecule has 0 N–H and O–H groups in total. The van der Waals surface area contributed by atoms with Gasteiger partial charge in [0.15, 0.2) is 0 Å². The van der Waals surface area contributed by atoms with E-state index in [1.54, 1.807) is 0 Å². The van der Waals surface area contributed by atoms with Crippen LogP contribution in [0.3, 0.4) is 0 Å². The molecule has 0 saturated carbocycles. The fourth-order valence-electron chi connectivity index (χ4n) is 1.11. The van der Waals surface area contributed by atoms with Crippen LogP contribution in [0.25, 0.3) is 0 Å². The summed E-state index contributed by atoms with van der Waals surface area (Å²) in [5.41, 5.74) is 0. The molecule has 0 spiro atoms. The standard InChI is InChI=1S/C11H22O2Si/c1-5-11(12)13-9-7-8-10-14(3,4)6-2/h5H,1,6-10H2,2-4H3. The predicted molar refractivity (Wildman–Crippen MR) is 63.2 cm³/mol. The summed E-state index contributed by atoms with van der Waals surface area (Å²) in [5, 5.41) is 0. The summed E-state index contributed by atoms with van der Waals surface area (Å²) in [7, 11) is -0.923. The summed E-state index contributed by atoms with van der Waals surface area (Å²) >= 11 is 0. The van der Waals surface area contributed by atoms with Gasteiger partial charge < -0.3 is 4.74 Å². The van der Waals surface area contributed by atoms with Crippen LogP contribution in [0.15, 0.2) is 12.7 Å². The van der Waals surface area contributed by atoms with Gasteiger partial charge in [-0.3, -0.25) is 0 Å². The lowest BCUT2D eigenvalue weighted by atomic mass is 10.4. The maximum atomic E-state index is 10.7. The van der Waals surface area contributed by atoms with Gasteiger partial charge in [-0.2, -0.15) is 0 Å². The molecule has 0 amide bonds. The zero-order chi connectivity index (χ0) is 11.0. The molecule has 0 fully saturated rings. The molecule has 14 heavy (non-hydrogen) atoms. The van der Waals surface area contributed by atoms with Gasteiger partial charge in [-0.05, 0) is 6.42 Å². The Kier molecular flexibility index (Phi) is 6.54. The molecular weight excluding hydrogens is 192 g/mol. The molecule has 0 atom stereocenters. The van der Waals surface area contributed by atoms with E-state index in [0.29, 0.717) is 6.61 Å². The summed E-state index contributed by atoms with van der Waals surface area (Å²) in [6.45, 7) is 11.0. The van der Waals surface area contributed by atoms with Crippen molar-refractivity contribution >= 4 is 14.0 Å². The van der Waals surface area contributed by atoms with E-state index in [1.165, 1.54) is 24.6 Å². The quantitative estimate of drug-likeness (QED) is 0.281. The van der Waals surface area contributed by atoms with Crippen molar-refractivity contribution in [1.29, 1.82) is 0 Å². The van der Waals surface area contributed by atoms with Crippen LogP contribution in [0.2, 0.25) is 25.2 Å². The van der Waals surface area contributed by atoms with Gasteiger partial charge in [0.05, 0.1) is 6.61 Å². The molecular formula is C11H22O2Si. The fraction of sp³-hybridized carbons (Fsp3) is 0.727. The molecule has 0 aromatic rings. The third-order valence-electron chi connectivity index (χ3n) is 2.62. The highest BCUT2D eigenvalue weighted by atomic mass is 28.3. The van der Waals surface area contributed by atoms with Crippen molar-refractivity contribution in [3.63, 3.8) is 0 Å². The van der Waals surface area contributed by atoms with E-state index in [4.69, 9.17) is 4.74 Å². The summed E-state index contributed by atoms with van der Waals surface area (Å²) in [4.78, 5) is 10.7. The largest absolute Gasteiger partial charge is 0.463 e. The molecule has 0 aromatic heterocycles. The van der Waals surface area contributed by atoms with Crippen LogP contribution in [0.1, 0.15) is 19.8 Å². The van der Waals surface area contributed by atoms with Crippen LogP contribution in [-0.2, 0) is 9.53 Å². The van der Waals surface area contributed by atoms with E-state index in [-0.39, 0.29) is 5.97 Å². The average Bonchev–Trinajstić information content (AvgIpc) is 2.17. The second kappa shape index (κ2) is 6.82. The molecule has 0 saturated heterocycles. The Hall–Kier alpha value is -0.573. The Morgan fingerprint density at radius 2 is 2.07 bits per heavy atom. The van der Waals surface area contributed by atoms with Crippen LogP contribution < -0.4 is 0 Å². The first-order valence-corrected chi connectivity index (χ1v) is 8.72. The molecule has 0 heterocycles. The minimum absolute atomic E-state index is 0.308. The highest BCUT2D eigenvalue weighted by Crippen LogP contribution is 2.17. The van der Waals surface area contributed by atoms with Gasteiger partial charge in [-0.1, -0.05) is 45.1 Å². The van der Waals surface area contributed by atoms with Crippen LogP contribution in [-0.4, -0.2) is 20.7 Å². The third kappa shape index (κ3) is 6.89. The number of ether oxygens (including phenoxy) is 1. The maximum Gasteiger partial charge on any atom is 0.330 e. The molecule has 82 valence electrons. The molecule has 0 rings (SSSR count). The Bertz CT molecular complexity index is 188. The average molecular weight is 214 g/mol. The first-order valence-electron chi connectivity index (χ1n) is 5.31. The van der Waals surface area contributed by atoms with Crippen LogP contribution in [0, 0.1) is 0 Å². The topological polar surface area (TPSA) is 26.3 Å². The number of hydrogen-bond acceptors (Lipinski definition) is 2. The Labute approximate surface area is 88.4 Å². The summed E-state index contributed by atoms with van der Waals surface area (Å²) < 4.78 is 4.90. The zero-order valence-electron chi connectivity index (χ0n) is 9.64. The fourth-order valence-corrected chi connectivity index (χ4v) is 2.67. The number of rotatable bonds is 7. The summed E-state index contributed by atoms with van der Waals surface area (Å²) in [6.07, 6.45) is 3.37. The molecule has 0 aliphatic rings. The molecule has 2 nitrogen and oxygen atoms in total. The van der Waals surface area contributed by atoms with Crippen molar-refractivity contribution in [3.8, 4) is 0 Å². The van der Waals surface area contributed by atoms with Gasteiger partial charge in [0.1, 0.15) is 0 Å². The van der Waals surface area contributed by atoms with E-state index >= 15 is 0 Å². The van der Waals surface area contributed by atoms with E-state index in [0.717, 1.165) is 6.42 Å². The highest BCUT2D eigenvalue weighted by Gasteiger charge is 2.16. The lowest BCUT2D eigenvalue weighted by molar-refractivity contribution is -0.137. The monoisotopic (exact) mass is 214 g/mol. The van der Waals surface area contributed by atoms with E-state index < -0.39 is 8.07 Å². The third-order valence-corrected chi connectivity index (χ3v) is 6.24. The maximum absolute atomic E-state index is 10.7. The Morgan fingerprint density at radius 1 is 1.43 bits per heavy atom. The molecule has 0 aliphatic carbocycles. The lowest BCUT2D eigenvalue weighted by Crippen LogP contribution is -2.23. The summed E-state index contributed by atoms with van der Waals surface area (Å²) in [5.74, 6) is -0.308. The van der Waals surface area contributed by atoms with Crippen molar-refractivity contribution in [2.24, 2.45) is 0 Å². The Morgan fingerprint density at radius 3 is 2.57 bits per heavy atom. The van der Waals surface area contributed by atoms with E-state index in [2.05, 4.69) is 26.6 Å². The molecule has 0 unspecified atom stereocenters. The van der Waals surface area contributed by atoms with E-state index in [9.17, 15) is 4.79 Å². The van der Waals surface area contributed by atoms with Gasteiger partial charge in [0.2, 0.25) is 0 Å². The van der Waals surface area contributed by atoms with Crippen molar-refractivity contribution in [2.75, 3.05) is 6.61 Å². The number of hydrogen-bond donors (Lipinski definition) is 0. The van der Waals surface area contributed by atoms with Gasteiger partial charge in [-0.15, -0.1) is 0 Å². The number of esters is 1. The highest BCUT2D eigenvalue weighted by molar-refractivity contribution is 6.77. The lowest BCUT2D eigenvalue weighted by Gasteiger charge is -2.19. The van der Waals surface area contributed by atoms with Gasteiger partial charge in [-0.25, -0.2) is 4.79 Å². The molecule has 0 radical (unpaired) electrons.